The van der Waals surface area contributed by atoms with Crippen molar-refractivity contribution in [2.75, 3.05) is 4.90 Å². The third-order valence-corrected chi connectivity index (χ3v) is 4.56. The van der Waals surface area contributed by atoms with Crippen LogP contribution in [0.15, 0.2) is 78.9 Å². The number of benzene rings is 3. The summed E-state index contributed by atoms with van der Waals surface area (Å²) < 4.78 is 0. The van der Waals surface area contributed by atoms with Crippen LogP contribution in [0.5, 0.6) is 0 Å². The summed E-state index contributed by atoms with van der Waals surface area (Å²) in [4.78, 5) is 2.40. The van der Waals surface area contributed by atoms with Crippen molar-refractivity contribution in [1.29, 1.82) is 0 Å². The fourth-order valence-corrected chi connectivity index (χ4v) is 3.13. The Bertz CT molecular complexity index is 727. The van der Waals surface area contributed by atoms with Crippen LogP contribution in [-0.2, 0) is 19.0 Å². The van der Waals surface area contributed by atoms with E-state index in [2.05, 4.69) is 90.7 Å². The molecule has 0 N–H and O–H groups in total. The minimum absolute atomic E-state index is 0.546. The van der Waals surface area contributed by atoms with Gasteiger partial charge in [0.15, 0.2) is 0 Å². The molecule has 0 aliphatic heterocycles. The Hall–Kier alpha value is -2.25. The minimum Gasteiger partial charge on any atom is -0.363 e. The number of nitrogens with zero attached hydrogens (tertiary/aromatic N) is 1. The van der Waals surface area contributed by atoms with Gasteiger partial charge in [0.2, 0.25) is 0 Å². The third kappa shape index (κ3) is 4.18. The molecule has 0 atom stereocenters. The third-order valence-electron chi connectivity index (χ3n) is 4.27. The van der Waals surface area contributed by atoms with Crippen molar-refractivity contribution in [3.05, 3.63) is 101 Å². The Morgan fingerprint density at radius 2 is 1.29 bits per heavy atom. The van der Waals surface area contributed by atoms with Gasteiger partial charge in [-0.05, 0) is 41.3 Å². The van der Waals surface area contributed by atoms with Crippen molar-refractivity contribution < 1.29 is 0 Å². The highest BCUT2D eigenvalue weighted by Gasteiger charge is 2.10. The van der Waals surface area contributed by atoms with E-state index < -0.39 is 0 Å². The number of alkyl halides is 1. The first kappa shape index (κ1) is 16.6. The molecule has 0 aromatic heterocycles. The number of hydrogen-bond acceptors (Lipinski definition) is 1. The fourth-order valence-electron chi connectivity index (χ4n) is 2.84. The first-order chi connectivity index (χ1) is 11.8. The Morgan fingerprint density at radius 1 is 0.750 bits per heavy atom. The lowest BCUT2D eigenvalue weighted by atomic mass is 10.1. The maximum absolute atomic E-state index is 6.11. The molecule has 122 valence electrons. The zero-order chi connectivity index (χ0) is 16.8. The zero-order valence-corrected chi connectivity index (χ0v) is 14.7. The Labute approximate surface area is 149 Å². The van der Waals surface area contributed by atoms with Crippen molar-refractivity contribution >= 4 is 17.3 Å². The molecule has 1 nitrogen and oxygen atoms in total. The highest BCUT2D eigenvalue weighted by Crippen LogP contribution is 2.24. The number of aryl methyl sites for hydroxylation is 1. The van der Waals surface area contributed by atoms with Gasteiger partial charge in [-0.15, -0.1) is 11.6 Å². The van der Waals surface area contributed by atoms with Crippen LogP contribution in [0.1, 0.15) is 22.3 Å². The summed E-state index contributed by atoms with van der Waals surface area (Å²) in [5, 5.41) is 0. The van der Waals surface area contributed by atoms with Gasteiger partial charge in [0.25, 0.3) is 0 Å². The first-order valence-electron chi connectivity index (χ1n) is 8.24. The highest BCUT2D eigenvalue weighted by atomic mass is 35.5. The summed E-state index contributed by atoms with van der Waals surface area (Å²) in [7, 11) is 0. The minimum atomic E-state index is 0.546. The van der Waals surface area contributed by atoms with Crippen LogP contribution in [0.2, 0.25) is 0 Å². The standard InChI is InChI=1S/C22H22ClN/c1-18-12-13-22(14-21(18)15-23)24(16-19-8-4-2-5-9-19)17-20-10-6-3-7-11-20/h2-14H,15-17H2,1H3. The summed E-state index contributed by atoms with van der Waals surface area (Å²) in [5.74, 6) is 0.546. The van der Waals surface area contributed by atoms with Gasteiger partial charge >= 0.3 is 0 Å². The quantitative estimate of drug-likeness (QED) is 0.504. The predicted octanol–water partition coefficient (Wildman–Crippen LogP) is 5.94. The van der Waals surface area contributed by atoms with Gasteiger partial charge in [0.1, 0.15) is 0 Å². The molecule has 0 aliphatic rings. The van der Waals surface area contributed by atoms with Gasteiger partial charge in [0.05, 0.1) is 0 Å². The monoisotopic (exact) mass is 335 g/mol. The van der Waals surface area contributed by atoms with E-state index in [0.717, 1.165) is 13.1 Å². The van der Waals surface area contributed by atoms with Crippen molar-refractivity contribution in [3.63, 3.8) is 0 Å². The van der Waals surface area contributed by atoms with Gasteiger partial charge < -0.3 is 4.90 Å². The molecule has 0 saturated carbocycles. The van der Waals surface area contributed by atoms with E-state index in [4.69, 9.17) is 11.6 Å². The van der Waals surface area contributed by atoms with E-state index in [1.54, 1.807) is 0 Å². The molecule has 2 heteroatoms. The van der Waals surface area contributed by atoms with Gasteiger partial charge in [-0.1, -0.05) is 66.7 Å². The van der Waals surface area contributed by atoms with Crippen LogP contribution in [0.25, 0.3) is 0 Å². The normalized spacial score (nSPS) is 10.6. The lowest BCUT2D eigenvalue weighted by molar-refractivity contribution is 0.799. The molecule has 0 bridgehead atoms. The second kappa shape index (κ2) is 8.03. The maximum Gasteiger partial charge on any atom is 0.0477 e. The summed E-state index contributed by atoms with van der Waals surface area (Å²) in [6, 6.07) is 27.8. The summed E-state index contributed by atoms with van der Waals surface area (Å²) in [6.45, 7) is 3.86. The van der Waals surface area contributed by atoms with E-state index in [9.17, 15) is 0 Å². The Morgan fingerprint density at radius 3 is 1.79 bits per heavy atom. The second-order valence-electron chi connectivity index (χ2n) is 6.07. The van der Waals surface area contributed by atoms with Gasteiger partial charge in [-0.2, -0.15) is 0 Å². The van der Waals surface area contributed by atoms with Crippen LogP contribution in [0, 0.1) is 6.92 Å². The number of hydrogen-bond donors (Lipinski definition) is 0. The molecular formula is C22H22ClN. The summed E-state index contributed by atoms with van der Waals surface area (Å²) in [5.41, 5.74) is 6.26. The molecule has 0 radical (unpaired) electrons. The Kier molecular flexibility index (Phi) is 5.55. The molecule has 0 heterocycles. The molecule has 0 unspecified atom stereocenters. The van der Waals surface area contributed by atoms with E-state index in [0.29, 0.717) is 5.88 Å². The number of anilines is 1. The molecule has 0 spiro atoms. The smallest absolute Gasteiger partial charge is 0.0477 e. The topological polar surface area (TPSA) is 3.24 Å². The van der Waals surface area contributed by atoms with Crippen LogP contribution in [0.3, 0.4) is 0 Å². The van der Waals surface area contributed by atoms with Crippen LogP contribution >= 0.6 is 11.6 Å². The van der Waals surface area contributed by atoms with E-state index >= 15 is 0 Å². The average Bonchev–Trinajstić information content (AvgIpc) is 2.63. The molecule has 3 aromatic rings. The van der Waals surface area contributed by atoms with Crippen LogP contribution in [0.4, 0.5) is 5.69 Å². The van der Waals surface area contributed by atoms with E-state index in [1.165, 1.54) is 27.9 Å². The molecule has 0 fully saturated rings. The molecular weight excluding hydrogens is 314 g/mol. The molecule has 3 aromatic carbocycles. The molecule has 0 amide bonds. The highest BCUT2D eigenvalue weighted by molar-refractivity contribution is 6.17. The van der Waals surface area contributed by atoms with Crippen molar-refractivity contribution in [1.82, 2.24) is 0 Å². The molecule has 0 aliphatic carbocycles. The van der Waals surface area contributed by atoms with Crippen molar-refractivity contribution in [2.45, 2.75) is 25.9 Å². The van der Waals surface area contributed by atoms with E-state index in [1.807, 2.05) is 0 Å². The molecule has 24 heavy (non-hydrogen) atoms. The lowest BCUT2D eigenvalue weighted by Gasteiger charge is -2.26. The SMILES string of the molecule is Cc1ccc(N(Cc2ccccc2)Cc2ccccc2)cc1CCl. The van der Waals surface area contributed by atoms with Gasteiger partial charge in [-0.3, -0.25) is 0 Å². The second-order valence-corrected chi connectivity index (χ2v) is 6.34. The van der Waals surface area contributed by atoms with E-state index in [-0.39, 0.29) is 0 Å². The number of halogens is 1. The predicted molar refractivity (Wildman–Crippen MR) is 104 cm³/mol. The Balaban J connectivity index is 1.91. The molecule has 0 saturated heterocycles. The fraction of sp³-hybridized carbons (Fsp3) is 0.182. The summed E-state index contributed by atoms with van der Waals surface area (Å²) in [6.07, 6.45) is 0. The van der Waals surface area contributed by atoms with Crippen molar-refractivity contribution in [3.8, 4) is 0 Å². The number of rotatable bonds is 6. The molecule has 3 rings (SSSR count). The van der Waals surface area contributed by atoms with Crippen LogP contribution in [-0.4, -0.2) is 0 Å². The average molecular weight is 336 g/mol. The van der Waals surface area contributed by atoms with Crippen LogP contribution < -0.4 is 4.90 Å². The maximum atomic E-state index is 6.11. The first-order valence-corrected chi connectivity index (χ1v) is 8.78. The van der Waals surface area contributed by atoms with Crippen molar-refractivity contribution in [2.24, 2.45) is 0 Å². The summed E-state index contributed by atoms with van der Waals surface area (Å²) >= 11 is 6.11. The van der Waals surface area contributed by atoms with Gasteiger partial charge in [-0.25, -0.2) is 0 Å². The zero-order valence-electron chi connectivity index (χ0n) is 14.0. The lowest BCUT2D eigenvalue weighted by Crippen LogP contribution is -2.22. The van der Waals surface area contributed by atoms with Gasteiger partial charge in [0, 0.05) is 24.7 Å². The largest absolute Gasteiger partial charge is 0.363 e.